The maximum Gasteiger partial charge on any atom is 0.0547 e. The summed E-state index contributed by atoms with van der Waals surface area (Å²) in [5.41, 5.74) is 7.09. The Morgan fingerprint density at radius 1 is 0.395 bits per heavy atom. The summed E-state index contributed by atoms with van der Waals surface area (Å²) in [6.45, 7) is 0. The quantitative estimate of drug-likeness (QED) is 0.226. The van der Waals surface area contributed by atoms with Crippen LogP contribution < -0.4 is 4.90 Å². The molecule has 8 rings (SSSR count). The van der Waals surface area contributed by atoms with E-state index >= 15 is 0 Å². The highest BCUT2D eigenvalue weighted by molar-refractivity contribution is 6.24. The first-order valence-electron chi connectivity index (χ1n) is 13.0. The normalized spacial score (nSPS) is 11.7. The standard InChI is InChI=1S/C36H24N2/c1-2-13-28(14-3-1)37(32-16-6-10-25-9-4-5-15-31(25)32)29-21-23-30(24-22-29)38-33-17-7-11-26-19-20-27-12-8-18-34(38)36(27)35(26)33/h1-24H. The highest BCUT2D eigenvalue weighted by Gasteiger charge is 2.18. The van der Waals surface area contributed by atoms with Gasteiger partial charge in [0, 0.05) is 33.2 Å². The van der Waals surface area contributed by atoms with Crippen LogP contribution in [0.5, 0.6) is 0 Å². The topological polar surface area (TPSA) is 8.17 Å². The zero-order valence-corrected chi connectivity index (χ0v) is 20.8. The molecule has 0 radical (unpaired) electrons. The Labute approximate surface area is 220 Å². The van der Waals surface area contributed by atoms with E-state index in [1.54, 1.807) is 0 Å². The van der Waals surface area contributed by atoms with Crippen LogP contribution in [0, 0.1) is 0 Å². The number of benzene rings is 7. The van der Waals surface area contributed by atoms with Crippen molar-refractivity contribution in [3.8, 4) is 5.69 Å². The van der Waals surface area contributed by atoms with E-state index in [4.69, 9.17) is 0 Å². The average molecular weight is 485 g/mol. The van der Waals surface area contributed by atoms with E-state index < -0.39 is 0 Å². The number of hydrogen-bond donors (Lipinski definition) is 0. The zero-order chi connectivity index (χ0) is 25.1. The molecule has 0 aliphatic carbocycles. The minimum absolute atomic E-state index is 1.13. The fourth-order valence-electron chi connectivity index (χ4n) is 6.06. The van der Waals surface area contributed by atoms with Crippen molar-refractivity contribution in [1.82, 2.24) is 4.57 Å². The number of anilines is 3. The molecule has 2 nitrogen and oxygen atoms in total. The van der Waals surface area contributed by atoms with Gasteiger partial charge in [0.25, 0.3) is 0 Å². The molecular weight excluding hydrogens is 460 g/mol. The lowest BCUT2D eigenvalue weighted by Gasteiger charge is -2.27. The van der Waals surface area contributed by atoms with Crippen molar-refractivity contribution >= 4 is 60.4 Å². The molecular formula is C36H24N2. The van der Waals surface area contributed by atoms with Gasteiger partial charge in [-0.15, -0.1) is 0 Å². The predicted octanol–water partition coefficient (Wildman–Crippen LogP) is 10.00. The number of nitrogens with zero attached hydrogens (tertiary/aromatic N) is 2. The van der Waals surface area contributed by atoms with Gasteiger partial charge in [0.1, 0.15) is 0 Å². The summed E-state index contributed by atoms with van der Waals surface area (Å²) in [4.78, 5) is 2.35. The van der Waals surface area contributed by atoms with Gasteiger partial charge in [-0.2, -0.15) is 0 Å². The van der Waals surface area contributed by atoms with Gasteiger partial charge in [0.2, 0.25) is 0 Å². The van der Waals surface area contributed by atoms with Gasteiger partial charge in [-0.05, 0) is 70.8 Å². The first-order chi connectivity index (χ1) is 18.9. The van der Waals surface area contributed by atoms with Gasteiger partial charge in [-0.3, -0.25) is 0 Å². The van der Waals surface area contributed by atoms with Crippen LogP contribution in [0.1, 0.15) is 0 Å². The third-order valence-corrected chi connectivity index (χ3v) is 7.71. The fraction of sp³-hybridized carbons (Fsp3) is 0. The summed E-state index contributed by atoms with van der Waals surface area (Å²) < 4.78 is 2.40. The molecule has 0 fully saturated rings. The molecule has 1 heterocycles. The van der Waals surface area contributed by atoms with Crippen LogP contribution in [0.15, 0.2) is 146 Å². The van der Waals surface area contributed by atoms with Crippen molar-refractivity contribution < 1.29 is 0 Å². The minimum atomic E-state index is 1.13. The van der Waals surface area contributed by atoms with E-state index in [9.17, 15) is 0 Å². The third kappa shape index (κ3) is 3.07. The molecule has 0 aliphatic rings. The second-order valence-electron chi connectivity index (χ2n) is 9.84. The van der Waals surface area contributed by atoms with Crippen molar-refractivity contribution in [3.63, 3.8) is 0 Å². The molecule has 38 heavy (non-hydrogen) atoms. The van der Waals surface area contributed by atoms with Gasteiger partial charge in [0.05, 0.1) is 16.7 Å². The number of fused-ring (bicyclic) bond motifs is 1. The molecule has 0 N–H and O–H groups in total. The lowest BCUT2D eigenvalue weighted by molar-refractivity contribution is 1.18. The van der Waals surface area contributed by atoms with E-state index in [0.29, 0.717) is 0 Å². The summed E-state index contributed by atoms with van der Waals surface area (Å²) in [6, 6.07) is 52.4. The Bertz CT molecular complexity index is 1990. The van der Waals surface area contributed by atoms with Gasteiger partial charge in [0.15, 0.2) is 0 Å². The molecule has 8 aromatic rings. The van der Waals surface area contributed by atoms with E-state index in [-0.39, 0.29) is 0 Å². The molecule has 0 atom stereocenters. The van der Waals surface area contributed by atoms with E-state index in [0.717, 1.165) is 17.1 Å². The molecule has 0 aliphatic heterocycles. The number of para-hydroxylation sites is 1. The summed E-state index contributed by atoms with van der Waals surface area (Å²) in [5.74, 6) is 0. The maximum atomic E-state index is 2.40. The zero-order valence-electron chi connectivity index (χ0n) is 20.8. The second kappa shape index (κ2) is 8.22. The lowest BCUT2D eigenvalue weighted by atomic mass is 10.0. The number of rotatable bonds is 4. The van der Waals surface area contributed by atoms with E-state index in [1.807, 2.05) is 0 Å². The monoisotopic (exact) mass is 484 g/mol. The third-order valence-electron chi connectivity index (χ3n) is 7.71. The Morgan fingerprint density at radius 2 is 0.947 bits per heavy atom. The molecule has 0 spiro atoms. The Morgan fingerprint density at radius 3 is 1.66 bits per heavy atom. The molecule has 7 aromatic carbocycles. The van der Waals surface area contributed by atoms with Crippen molar-refractivity contribution in [2.45, 2.75) is 0 Å². The summed E-state index contributed by atoms with van der Waals surface area (Å²) in [6.07, 6.45) is 0. The number of hydrogen-bond acceptors (Lipinski definition) is 1. The Balaban J connectivity index is 1.33. The van der Waals surface area contributed by atoms with Crippen molar-refractivity contribution in [2.24, 2.45) is 0 Å². The Hall–Kier alpha value is -5.08. The van der Waals surface area contributed by atoms with Gasteiger partial charge >= 0.3 is 0 Å². The van der Waals surface area contributed by atoms with Crippen LogP contribution >= 0.6 is 0 Å². The van der Waals surface area contributed by atoms with Crippen LogP contribution in [0.2, 0.25) is 0 Å². The van der Waals surface area contributed by atoms with Crippen LogP contribution in [0.25, 0.3) is 49.0 Å². The fourth-order valence-corrected chi connectivity index (χ4v) is 6.06. The molecule has 1 aromatic heterocycles. The average Bonchev–Trinajstić information content (AvgIpc) is 3.33. The smallest absolute Gasteiger partial charge is 0.0547 e. The highest BCUT2D eigenvalue weighted by atomic mass is 15.1. The largest absolute Gasteiger partial charge is 0.310 e. The molecule has 0 unspecified atom stereocenters. The highest BCUT2D eigenvalue weighted by Crippen LogP contribution is 2.41. The Kier molecular flexibility index (Phi) is 4.55. The van der Waals surface area contributed by atoms with E-state index in [2.05, 4.69) is 155 Å². The van der Waals surface area contributed by atoms with Crippen LogP contribution in [-0.2, 0) is 0 Å². The maximum absolute atomic E-state index is 2.40. The molecule has 2 heteroatoms. The molecule has 0 amide bonds. The van der Waals surface area contributed by atoms with Crippen LogP contribution in [0.3, 0.4) is 0 Å². The number of aromatic nitrogens is 1. The molecule has 0 saturated heterocycles. The van der Waals surface area contributed by atoms with E-state index in [1.165, 1.54) is 49.0 Å². The first-order valence-corrected chi connectivity index (χ1v) is 13.0. The van der Waals surface area contributed by atoms with Gasteiger partial charge in [-0.25, -0.2) is 0 Å². The van der Waals surface area contributed by atoms with Crippen molar-refractivity contribution in [3.05, 3.63) is 146 Å². The second-order valence-corrected chi connectivity index (χ2v) is 9.84. The van der Waals surface area contributed by atoms with Gasteiger partial charge in [-0.1, -0.05) is 91.0 Å². The van der Waals surface area contributed by atoms with Crippen molar-refractivity contribution in [2.75, 3.05) is 4.90 Å². The SMILES string of the molecule is c1ccc(N(c2ccc(-n3c4cccc5ccc6cccc3c6c54)cc2)c2cccc3ccccc23)cc1. The molecule has 0 bridgehead atoms. The van der Waals surface area contributed by atoms with Crippen LogP contribution in [-0.4, -0.2) is 4.57 Å². The van der Waals surface area contributed by atoms with Crippen molar-refractivity contribution in [1.29, 1.82) is 0 Å². The summed E-state index contributed by atoms with van der Waals surface area (Å²) in [5, 5.41) is 7.72. The molecule has 0 saturated carbocycles. The lowest BCUT2D eigenvalue weighted by Crippen LogP contribution is -2.10. The predicted molar refractivity (Wildman–Crippen MR) is 162 cm³/mol. The van der Waals surface area contributed by atoms with Crippen LogP contribution in [0.4, 0.5) is 17.1 Å². The summed E-state index contributed by atoms with van der Waals surface area (Å²) in [7, 11) is 0. The van der Waals surface area contributed by atoms with Gasteiger partial charge < -0.3 is 9.47 Å². The first kappa shape index (κ1) is 21.0. The molecule has 178 valence electrons. The minimum Gasteiger partial charge on any atom is -0.310 e. The summed E-state index contributed by atoms with van der Waals surface area (Å²) >= 11 is 0.